The third-order valence-corrected chi connectivity index (χ3v) is 6.12. The lowest BCUT2D eigenvalue weighted by Crippen LogP contribution is -2.36. The number of ether oxygens (including phenoxy) is 2. The number of carbonyl (C=O) groups is 3. The van der Waals surface area contributed by atoms with Crippen LogP contribution in [0.1, 0.15) is 52.6 Å². The summed E-state index contributed by atoms with van der Waals surface area (Å²) >= 11 is 0. The van der Waals surface area contributed by atoms with Crippen LogP contribution in [0.25, 0.3) is 0 Å². The fourth-order valence-corrected chi connectivity index (χ4v) is 3.78. The highest BCUT2D eigenvalue weighted by molar-refractivity contribution is 5.95. The van der Waals surface area contributed by atoms with Gasteiger partial charge in [-0.2, -0.15) is 0 Å². The molecule has 1 amide bonds. The van der Waals surface area contributed by atoms with Gasteiger partial charge in [0.2, 0.25) is 0 Å². The molecule has 0 bridgehead atoms. The summed E-state index contributed by atoms with van der Waals surface area (Å²) in [6.45, 7) is 11.2. The minimum atomic E-state index is -1.05. The van der Waals surface area contributed by atoms with Crippen molar-refractivity contribution in [3.8, 4) is 5.75 Å². The molecule has 3 aromatic carbocycles. The Balaban J connectivity index is 0.000000224. The van der Waals surface area contributed by atoms with E-state index in [1.165, 1.54) is 0 Å². The third kappa shape index (κ3) is 9.26. The molecule has 1 saturated heterocycles. The summed E-state index contributed by atoms with van der Waals surface area (Å²) in [6, 6.07) is 22.1. The first-order valence-corrected chi connectivity index (χ1v) is 12.8. The van der Waals surface area contributed by atoms with E-state index in [1.54, 1.807) is 36.4 Å². The van der Waals surface area contributed by atoms with Gasteiger partial charge in [-0.25, -0.2) is 4.79 Å². The van der Waals surface area contributed by atoms with Gasteiger partial charge >= 0.3 is 11.9 Å². The second kappa shape index (κ2) is 13.6. The predicted octanol–water partition coefficient (Wildman–Crippen LogP) is 4.85. The predicted molar refractivity (Wildman–Crippen MR) is 151 cm³/mol. The first-order valence-electron chi connectivity index (χ1n) is 12.8. The molecule has 8 nitrogen and oxygen atoms in total. The molecule has 1 aliphatic heterocycles. The lowest BCUT2D eigenvalue weighted by molar-refractivity contribution is -0.135. The number of carboxylic acids is 1. The van der Waals surface area contributed by atoms with E-state index in [4.69, 9.17) is 14.6 Å². The molecule has 1 fully saturated rings. The molecule has 1 aliphatic rings. The number of anilines is 1. The lowest BCUT2D eigenvalue weighted by Gasteiger charge is -2.28. The molecular formula is C31H36N2O6. The highest BCUT2D eigenvalue weighted by atomic mass is 16.5. The van der Waals surface area contributed by atoms with Crippen LogP contribution in [0.3, 0.4) is 0 Å². The van der Waals surface area contributed by atoms with Crippen molar-refractivity contribution >= 4 is 23.5 Å². The van der Waals surface area contributed by atoms with Crippen LogP contribution in [0.5, 0.6) is 5.75 Å². The molecule has 2 N–H and O–H groups in total. The number of aliphatic carboxylic acids is 1. The maximum Gasteiger partial charge on any atom is 0.343 e. The van der Waals surface area contributed by atoms with Crippen LogP contribution in [0, 0.1) is 6.92 Å². The zero-order valence-corrected chi connectivity index (χ0v) is 22.9. The molecular weight excluding hydrogens is 496 g/mol. The van der Waals surface area contributed by atoms with Gasteiger partial charge in [-0.05, 0) is 66.4 Å². The van der Waals surface area contributed by atoms with Gasteiger partial charge in [-0.3, -0.25) is 9.59 Å². The minimum absolute atomic E-state index is 0.0378. The quantitative estimate of drug-likeness (QED) is 0.345. The molecule has 4 rings (SSSR count). The fourth-order valence-electron chi connectivity index (χ4n) is 3.78. The van der Waals surface area contributed by atoms with Crippen molar-refractivity contribution < 1.29 is 29.0 Å². The molecule has 0 radical (unpaired) electrons. The average Bonchev–Trinajstić information content (AvgIpc) is 2.93. The summed E-state index contributed by atoms with van der Waals surface area (Å²) in [6.07, 6.45) is 0. The molecule has 206 valence electrons. The Bertz CT molecular complexity index is 1240. The minimum Gasteiger partial charge on any atom is -0.480 e. The maximum atomic E-state index is 12.1. The number of carbonyl (C=O) groups excluding carboxylic acids is 2. The van der Waals surface area contributed by atoms with E-state index in [0.717, 1.165) is 43.1 Å². The Morgan fingerprint density at radius 1 is 0.872 bits per heavy atom. The Kier molecular flexibility index (Phi) is 10.2. The number of morpholine rings is 1. The number of carboxylic acid groups (broad SMARTS) is 1. The molecule has 8 heteroatoms. The first kappa shape index (κ1) is 29.4. The second-order valence-electron chi connectivity index (χ2n) is 10.3. The van der Waals surface area contributed by atoms with Gasteiger partial charge in [-0.15, -0.1) is 0 Å². The molecule has 39 heavy (non-hydrogen) atoms. The fraction of sp³-hybridized carbons (Fsp3) is 0.323. The highest BCUT2D eigenvalue weighted by Gasteiger charge is 2.15. The van der Waals surface area contributed by atoms with E-state index in [1.807, 2.05) is 43.3 Å². The van der Waals surface area contributed by atoms with Gasteiger partial charge in [-0.1, -0.05) is 50.6 Å². The molecule has 0 atom stereocenters. The van der Waals surface area contributed by atoms with Gasteiger partial charge in [0.1, 0.15) is 12.3 Å². The zero-order valence-electron chi connectivity index (χ0n) is 22.9. The van der Waals surface area contributed by atoms with E-state index in [2.05, 4.69) is 31.0 Å². The Hall–Kier alpha value is -4.17. The van der Waals surface area contributed by atoms with E-state index >= 15 is 0 Å². The molecule has 0 saturated carbocycles. The van der Waals surface area contributed by atoms with Crippen molar-refractivity contribution in [2.45, 2.75) is 33.1 Å². The average molecular weight is 533 g/mol. The second-order valence-corrected chi connectivity index (χ2v) is 10.3. The number of hydrogen-bond acceptors (Lipinski definition) is 6. The van der Waals surface area contributed by atoms with Gasteiger partial charge < -0.3 is 24.8 Å². The Morgan fingerprint density at radius 3 is 1.97 bits per heavy atom. The Morgan fingerprint density at radius 2 is 1.44 bits per heavy atom. The van der Waals surface area contributed by atoms with Crippen molar-refractivity contribution in [2.24, 2.45) is 0 Å². The van der Waals surface area contributed by atoms with Gasteiger partial charge in [0.25, 0.3) is 5.91 Å². The Labute approximate surface area is 229 Å². The molecule has 0 spiro atoms. The van der Waals surface area contributed by atoms with Crippen LogP contribution in [0.2, 0.25) is 0 Å². The summed E-state index contributed by atoms with van der Waals surface area (Å²) in [4.78, 5) is 36.2. The van der Waals surface area contributed by atoms with Crippen LogP contribution >= 0.6 is 0 Å². The number of nitrogens with zero attached hydrogens (tertiary/aromatic N) is 1. The van der Waals surface area contributed by atoms with Crippen LogP contribution in [0.4, 0.5) is 5.69 Å². The van der Waals surface area contributed by atoms with Crippen LogP contribution < -0.4 is 15.0 Å². The van der Waals surface area contributed by atoms with Gasteiger partial charge in [0.15, 0.2) is 0 Å². The molecule has 0 aromatic heterocycles. The van der Waals surface area contributed by atoms with Crippen LogP contribution in [-0.4, -0.2) is 55.8 Å². The van der Waals surface area contributed by atoms with E-state index in [-0.39, 0.29) is 23.8 Å². The van der Waals surface area contributed by atoms with E-state index < -0.39 is 5.97 Å². The van der Waals surface area contributed by atoms with Gasteiger partial charge in [0, 0.05) is 24.3 Å². The van der Waals surface area contributed by atoms with Crippen LogP contribution in [-0.2, 0) is 14.9 Å². The van der Waals surface area contributed by atoms with Crippen LogP contribution in [0.15, 0.2) is 72.8 Å². The summed E-state index contributed by atoms with van der Waals surface area (Å²) in [5.41, 5.74) is 4.43. The largest absolute Gasteiger partial charge is 0.480 e. The van der Waals surface area contributed by atoms with Gasteiger partial charge in [0.05, 0.1) is 18.8 Å². The zero-order chi connectivity index (χ0) is 28.4. The summed E-state index contributed by atoms with van der Waals surface area (Å²) < 4.78 is 10.7. The smallest absolute Gasteiger partial charge is 0.343 e. The normalized spacial score (nSPS) is 13.1. The standard InChI is InChI=1S/C18H19NO3.C13H17NO3/c1-14-2-8-17(9-3-14)22-18(20)15-4-6-16(7-5-15)19-10-12-21-13-11-19;1-13(2,3)10-6-4-9(5-7-10)12(17)14-8-11(15)16/h2-9H,10-13H2,1H3;4-7H,8H2,1-3H3,(H,14,17)(H,15,16). The van der Waals surface area contributed by atoms with Crippen molar-refractivity contribution in [1.29, 1.82) is 0 Å². The van der Waals surface area contributed by atoms with Crippen molar-refractivity contribution in [3.05, 3.63) is 95.1 Å². The molecule has 0 unspecified atom stereocenters. The van der Waals surface area contributed by atoms with Crippen molar-refractivity contribution in [1.82, 2.24) is 5.32 Å². The highest BCUT2D eigenvalue weighted by Crippen LogP contribution is 2.22. The summed E-state index contributed by atoms with van der Waals surface area (Å²) in [5, 5.41) is 10.8. The maximum absolute atomic E-state index is 12.1. The third-order valence-electron chi connectivity index (χ3n) is 6.12. The SMILES string of the molecule is CC(C)(C)c1ccc(C(=O)NCC(=O)O)cc1.Cc1ccc(OC(=O)c2ccc(N3CCOCC3)cc2)cc1. The summed E-state index contributed by atoms with van der Waals surface area (Å²) in [5.74, 6) is -1.19. The molecule has 3 aromatic rings. The number of benzene rings is 3. The van der Waals surface area contributed by atoms with E-state index in [9.17, 15) is 14.4 Å². The summed E-state index contributed by atoms with van der Waals surface area (Å²) in [7, 11) is 0. The molecule has 1 heterocycles. The topological polar surface area (TPSA) is 105 Å². The number of amides is 1. The number of hydrogen-bond donors (Lipinski definition) is 2. The first-order chi connectivity index (χ1) is 18.5. The van der Waals surface area contributed by atoms with Crippen molar-refractivity contribution in [2.75, 3.05) is 37.7 Å². The number of aryl methyl sites for hydroxylation is 1. The monoisotopic (exact) mass is 532 g/mol. The van der Waals surface area contributed by atoms with Crippen molar-refractivity contribution in [3.63, 3.8) is 0 Å². The lowest BCUT2D eigenvalue weighted by atomic mass is 9.87. The molecule has 0 aliphatic carbocycles. The number of rotatable bonds is 6. The van der Waals surface area contributed by atoms with E-state index in [0.29, 0.717) is 16.9 Å². The number of esters is 1. The number of nitrogens with one attached hydrogen (secondary N) is 1.